The molecule has 1 rings (SSSR count). The van der Waals surface area contributed by atoms with E-state index >= 15 is 0 Å². The summed E-state index contributed by atoms with van der Waals surface area (Å²) >= 11 is 0. The number of phenolic OH excluding ortho intramolecular Hbond substituents is 1. The summed E-state index contributed by atoms with van der Waals surface area (Å²) in [5, 5.41) is 12.6. The third-order valence-electron chi connectivity index (χ3n) is 2.38. The van der Waals surface area contributed by atoms with Crippen molar-refractivity contribution < 1.29 is 19.4 Å². The molecule has 0 aliphatic rings. The number of aromatic hydroxyl groups is 1. The predicted molar refractivity (Wildman–Crippen MR) is 67.6 cm³/mol. The fraction of sp³-hybridized carbons (Fsp3) is 0.462. The lowest BCUT2D eigenvalue weighted by Gasteiger charge is -2.08. The van der Waals surface area contributed by atoms with Crippen molar-refractivity contribution in [2.24, 2.45) is 0 Å². The first-order chi connectivity index (χ1) is 8.67. The van der Waals surface area contributed by atoms with Crippen molar-refractivity contribution in [3.05, 3.63) is 23.8 Å². The SMILES string of the molecule is CCOC(=O)CCNCc1ccc(O)c(OC)c1. The van der Waals surface area contributed by atoms with Crippen LogP contribution in [-0.2, 0) is 16.1 Å². The van der Waals surface area contributed by atoms with Gasteiger partial charge >= 0.3 is 5.97 Å². The van der Waals surface area contributed by atoms with Gasteiger partial charge in [0.2, 0.25) is 0 Å². The summed E-state index contributed by atoms with van der Waals surface area (Å²) < 4.78 is 9.82. The molecule has 5 heteroatoms. The van der Waals surface area contributed by atoms with Crippen LogP contribution in [0.4, 0.5) is 0 Å². The third-order valence-corrected chi connectivity index (χ3v) is 2.38. The molecule has 5 nitrogen and oxygen atoms in total. The van der Waals surface area contributed by atoms with Gasteiger partial charge in [-0.3, -0.25) is 4.79 Å². The van der Waals surface area contributed by atoms with Crippen molar-refractivity contribution in [2.75, 3.05) is 20.3 Å². The van der Waals surface area contributed by atoms with Crippen LogP contribution in [0.15, 0.2) is 18.2 Å². The molecule has 0 spiro atoms. The number of phenols is 1. The van der Waals surface area contributed by atoms with Gasteiger partial charge in [0, 0.05) is 13.1 Å². The number of esters is 1. The predicted octanol–water partition coefficient (Wildman–Crippen LogP) is 1.44. The average molecular weight is 253 g/mol. The number of carbonyl (C=O) groups excluding carboxylic acids is 1. The van der Waals surface area contributed by atoms with Crippen LogP contribution in [0.5, 0.6) is 11.5 Å². The molecule has 0 atom stereocenters. The molecule has 0 aromatic heterocycles. The number of hydrogen-bond acceptors (Lipinski definition) is 5. The Morgan fingerprint density at radius 2 is 2.22 bits per heavy atom. The molecule has 0 bridgehead atoms. The fourth-order valence-electron chi connectivity index (χ4n) is 1.49. The number of carbonyl (C=O) groups is 1. The van der Waals surface area contributed by atoms with Crippen LogP contribution >= 0.6 is 0 Å². The highest BCUT2D eigenvalue weighted by molar-refractivity contribution is 5.69. The molecule has 0 fully saturated rings. The molecule has 1 aromatic carbocycles. The zero-order valence-corrected chi connectivity index (χ0v) is 10.7. The maximum atomic E-state index is 11.1. The van der Waals surface area contributed by atoms with Gasteiger partial charge < -0.3 is 19.9 Å². The minimum atomic E-state index is -0.201. The Morgan fingerprint density at radius 1 is 1.44 bits per heavy atom. The summed E-state index contributed by atoms with van der Waals surface area (Å²) in [5.74, 6) is 0.362. The monoisotopic (exact) mass is 253 g/mol. The van der Waals surface area contributed by atoms with Crippen LogP contribution in [0, 0.1) is 0 Å². The molecular formula is C13H19NO4. The van der Waals surface area contributed by atoms with E-state index in [2.05, 4.69) is 5.32 Å². The molecule has 0 aliphatic heterocycles. The molecule has 2 N–H and O–H groups in total. The smallest absolute Gasteiger partial charge is 0.307 e. The Hall–Kier alpha value is -1.75. The molecule has 0 aliphatic carbocycles. The highest BCUT2D eigenvalue weighted by atomic mass is 16.5. The van der Waals surface area contributed by atoms with Crippen molar-refractivity contribution >= 4 is 5.97 Å². The van der Waals surface area contributed by atoms with Crippen molar-refractivity contribution in [3.63, 3.8) is 0 Å². The number of rotatable bonds is 7. The van der Waals surface area contributed by atoms with Crippen molar-refractivity contribution in [1.82, 2.24) is 5.32 Å². The van der Waals surface area contributed by atoms with Gasteiger partial charge in [-0.05, 0) is 24.6 Å². The average Bonchev–Trinajstić information content (AvgIpc) is 2.37. The van der Waals surface area contributed by atoms with E-state index in [4.69, 9.17) is 9.47 Å². The summed E-state index contributed by atoms with van der Waals surface area (Å²) in [6.07, 6.45) is 0.350. The summed E-state index contributed by atoms with van der Waals surface area (Å²) in [5.41, 5.74) is 0.980. The second kappa shape index (κ2) is 7.55. The number of hydrogen-bond donors (Lipinski definition) is 2. The lowest BCUT2D eigenvalue weighted by atomic mass is 10.2. The molecule has 0 saturated carbocycles. The van der Waals surface area contributed by atoms with Gasteiger partial charge in [0.25, 0.3) is 0 Å². The highest BCUT2D eigenvalue weighted by Gasteiger charge is 2.03. The van der Waals surface area contributed by atoms with Gasteiger partial charge in [0.1, 0.15) is 0 Å². The first-order valence-corrected chi connectivity index (χ1v) is 5.89. The standard InChI is InChI=1S/C13H19NO4/c1-3-18-13(16)6-7-14-9-10-4-5-11(15)12(8-10)17-2/h4-5,8,14-15H,3,6-7,9H2,1-2H3. The van der Waals surface area contributed by atoms with Crippen LogP contribution in [0.3, 0.4) is 0 Å². The molecule has 100 valence electrons. The zero-order valence-electron chi connectivity index (χ0n) is 10.7. The second-order valence-electron chi connectivity index (χ2n) is 3.74. The van der Waals surface area contributed by atoms with Gasteiger partial charge in [-0.2, -0.15) is 0 Å². The van der Waals surface area contributed by atoms with Gasteiger partial charge in [-0.15, -0.1) is 0 Å². The van der Waals surface area contributed by atoms with Crippen LogP contribution in [-0.4, -0.2) is 31.3 Å². The van der Waals surface area contributed by atoms with E-state index in [0.717, 1.165) is 5.56 Å². The minimum Gasteiger partial charge on any atom is -0.504 e. The number of nitrogens with one attached hydrogen (secondary N) is 1. The van der Waals surface area contributed by atoms with Crippen molar-refractivity contribution in [1.29, 1.82) is 0 Å². The number of ether oxygens (including phenoxy) is 2. The Morgan fingerprint density at radius 3 is 2.89 bits per heavy atom. The first-order valence-electron chi connectivity index (χ1n) is 5.89. The van der Waals surface area contributed by atoms with Gasteiger partial charge in [0.05, 0.1) is 20.1 Å². The zero-order chi connectivity index (χ0) is 13.4. The molecular weight excluding hydrogens is 234 g/mol. The molecule has 0 amide bonds. The van der Waals surface area contributed by atoms with Crippen LogP contribution in [0.1, 0.15) is 18.9 Å². The molecule has 0 radical (unpaired) electrons. The van der Waals surface area contributed by atoms with Gasteiger partial charge in [-0.1, -0.05) is 6.07 Å². The normalized spacial score (nSPS) is 10.1. The fourth-order valence-corrected chi connectivity index (χ4v) is 1.49. The Bertz CT molecular complexity index is 393. The topological polar surface area (TPSA) is 67.8 Å². The second-order valence-corrected chi connectivity index (χ2v) is 3.74. The minimum absolute atomic E-state index is 0.118. The van der Waals surface area contributed by atoms with E-state index < -0.39 is 0 Å². The largest absolute Gasteiger partial charge is 0.504 e. The third kappa shape index (κ3) is 4.63. The summed E-state index contributed by atoms with van der Waals surface area (Å²) in [6, 6.07) is 5.14. The summed E-state index contributed by atoms with van der Waals surface area (Å²) in [6.45, 7) is 3.36. The lowest BCUT2D eigenvalue weighted by Crippen LogP contribution is -2.19. The van der Waals surface area contributed by atoms with Crippen molar-refractivity contribution in [2.45, 2.75) is 19.9 Å². The first kappa shape index (κ1) is 14.3. The van der Waals surface area contributed by atoms with Crippen LogP contribution < -0.4 is 10.1 Å². The maximum Gasteiger partial charge on any atom is 0.307 e. The van der Waals surface area contributed by atoms with Crippen molar-refractivity contribution in [3.8, 4) is 11.5 Å². The molecule has 0 heterocycles. The molecule has 0 saturated heterocycles. The van der Waals surface area contributed by atoms with Crippen LogP contribution in [0.25, 0.3) is 0 Å². The lowest BCUT2D eigenvalue weighted by molar-refractivity contribution is -0.142. The number of benzene rings is 1. The Kier molecular flexibility index (Phi) is 6.00. The van der Waals surface area contributed by atoms with E-state index in [1.165, 1.54) is 7.11 Å². The molecule has 1 aromatic rings. The molecule has 18 heavy (non-hydrogen) atoms. The van der Waals surface area contributed by atoms with Gasteiger partial charge in [0.15, 0.2) is 11.5 Å². The van der Waals surface area contributed by atoms with Gasteiger partial charge in [-0.25, -0.2) is 0 Å². The number of methoxy groups -OCH3 is 1. The van der Waals surface area contributed by atoms with E-state index in [1.807, 2.05) is 0 Å². The maximum absolute atomic E-state index is 11.1. The Balaban J connectivity index is 2.33. The van der Waals surface area contributed by atoms with E-state index in [9.17, 15) is 9.90 Å². The quantitative estimate of drug-likeness (QED) is 0.568. The van der Waals surface area contributed by atoms with E-state index in [-0.39, 0.29) is 11.7 Å². The Labute approximate surface area is 107 Å². The highest BCUT2D eigenvalue weighted by Crippen LogP contribution is 2.25. The van der Waals surface area contributed by atoms with E-state index in [1.54, 1.807) is 25.1 Å². The van der Waals surface area contributed by atoms with Crippen LogP contribution in [0.2, 0.25) is 0 Å². The molecule has 0 unspecified atom stereocenters. The summed E-state index contributed by atoms with van der Waals surface area (Å²) in [7, 11) is 1.51. The van der Waals surface area contributed by atoms with E-state index in [0.29, 0.717) is 31.9 Å². The summed E-state index contributed by atoms with van der Waals surface area (Å²) in [4.78, 5) is 11.1.